The van der Waals surface area contributed by atoms with Crippen molar-refractivity contribution < 1.29 is 14.3 Å². The number of nitrogens with zero attached hydrogens (tertiary/aromatic N) is 2. The van der Waals surface area contributed by atoms with E-state index in [1.54, 1.807) is 11.9 Å². The second kappa shape index (κ2) is 4.31. The molecule has 0 radical (unpaired) electrons. The van der Waals surface area contributed by atoms with Gasteiger partial charge in [0.2, 0.25) is 5.91 Å². The first kappa shape index (κ1) is 12.8. The standard InChI is InChI=1S/C11H20N2O3/c1-8-6-12(5)9(14)7-13(8)10(15)16-11(2,3)4/h8H,6-7H2,1-5H3/t8-/m1/s1. The van der Waals surface area contributed by atoms with E-state index < -0.39 is 11.7 Å². The molecule has 0 aromatic rings. The summed E-state index contributed by atoms with van der Waals surface area (Å²) in [5, 5.41) is 0. The van der Waals surface area contributed by atoms with Gasteiger partial charge in [0.05, 0.1) is 6.04 Å². The maximum atomic E-state index is 11.8. The number of rotatable bonds is 0. The Labute approximate surface area is 96.3 Å². The van der Waals surface area contributed by atoms with Gasteiger partial charge in [-0.25, -0.2) is 4.79 Å². The quantitative estimate of drug-likeness (QED) is 0.623. The molecule has 0 saturated carbocycles. The maximum Gasteiger partial charge on any atom is 0.411 e. The smallest absolute Gasteiger partial charge is 0.411 e. The van der Waals surface area contributed by atoms with E-state index in [-0.39, 0.29) is 18.5 Å². The van der Waals surface area contributed by atoms with Crippen LogP contribution >= 0.6 is 0 Å². The van der Waals surface area contributed by atoms with Crippen molar-refractivity contribution in [3.8, 4) is 0 Å². The normalized spacial score (nSPS) is 22.3. The van der Waals surface area contributed by atoms with E-state index in [0.29, 0.717) is 6.54 Å². The second-order valence-corrected chi connectivity index (χ2v) is 5.23. The summed E-state index contributed by atoms with van der Waals surface area (Å²) >= 11 is 0. The monoisotopic (exact) mass is 228 g/mol. The molecule has 1 fully saturated rings. The molecule has 1 atom stereocenters. The molecule has 1 heterocycles. The van der Waals surface area contributed by atoms with Crippen molar-refractivity contribution in [1.82, 2.24) is 9.80 Å². The fourth-order valence-corrected chi connectivity index (χ4v) is 1.58. The Bertz CT molecular complexity index is 296. The van der Waals surface area contributed by atoms with Gasteiger partial charge in [-0.1, -0.05) is 0 Å². The maximum absolute atomic E-state index is 11.8. The van der Waals surface area contributed by atoms with Gasteiger partial charge in [-0.3, -0.25) is 9.69 Å². The van der Waals surface area contributed by atoms with Crippen LogP contribution in [0.3, 0.4) is 0 Å². The Hall–Kier alpha value is -1.26. The fraction of sp³-hybridized carbons (Fsp3) is 0.818. The number of piperazine rings is 1. The molecule has 16 heavy (non-hydrogen) atoms. The van der Waals surface area contributed by atoms with Crippen LogP contribution in [0.25, 0.3) is 0 Å². The van der Waals surface area contributed by atoms with Crippen molar-refractivity contribution in [3.63, 3.8) is 0 Å². The summed E-state index contributed by atoms with van der Waals surface area (Å²) in [7, 11) is 1.74. The number of ether oxygens (including phenoxy) is 1. The van der Waals surface area contributed by atoms with Gasteiger partial charge in [-0.05, 0) is 27.7 Å². The molecular formula is C11H20N2O3. The van der Waals surface area contributed by atoms with Crippen molar-refractivity contribution in [1.29, 1.82) is 0 Å². The molecule has 1 aliphatic heterocycles. The van der Waals surface area contributed by atoms with Crippen LogP contribution in [0.15, 0.2) is 0 Å². The molecule has 5 heteroatoms. The molecule has 0 N–H and O–H groups in total. The molecule has 5 nitrogen and oxygen atoms in total. The molecule has 0 spiro atoms. The van der Waals surface area contributed by atoms with E-state index in [0.717, 1.165) is 0 Å². The lowest BCUT2D eigenvalue weighted by Crippen LogP contribution is -2.56. The van der Waals surface area contributed by atoms with Crippen LogP contribution in [0, 0.1) is 0 Å². The lowest BCUT2D eigenvalue weighted by Gasteiger charge is -2.38. The Kier molecular flexibility index (Phi) is 3.45. The lowest BCUT2D eigenvalue weighted by molar-refractivity contribution is -0.136. The van der Waals surface area contributed by atoms with E-state index in [1.807, 2.05) is 27.7 Å². The molecule has 0 aromatic heterocycles. The van der Waals surface area contributed by atoms with Gasteiger partial charge in [0.25, 0.3) is 0 Å². The van der Waals surface area contributed by atoms with Gasteiger partial charge in [-0.2, -0.15) is 0 Å². The highest BCUT2D eigenvalue weighted by atomic mass is 16.6. The zero-order valence-electron chi connectivity index (χ0n) is 10.6. The van der Waals surface area contributed by atoms with E-state index in [2.05, 4.69) is 0 Å². The Balaban J connectivity index is 2.66. The molecule has 0 aliphatic carbocycles. The molecule has 0 bridgehead atoms. The molecule has 1 saturated heterocycles. The van der Waals surface area contributed by atoms with Gasteiger partial charge >= 0.3 is 6.09 Å². The zero-order valence-corrected chi connectivity index (χ0v) is 10.6. The molecular weight excluding hydrogens is 208 g/mol. The number of hydrogen-bond acceptors (Lipinski definition) is 3. The average molecular weight is 228 g/mol. The van der Waals surface area contributed by atoms with Gasteiger partial charge in [0.1, 0.15) is 12.1 Å². The van der Waals surface area contributed by atoms with Gasteiger partial charge in [0.15, 0.2) is 0 Å². The first-order valence-corrected chi connectivity index (χ1v) is 5.44. The van der Waals surface area contributed by atoms with E-state index in [9.17, 15) is 9.59 Å². The van der Waals surface area contributed by atoms with Crippen molar-refractivity contribution in [3.05, 3.63) is 0 Å². The highest BCUT2D eigenvalue weighted by Gasteiger charge is 2.33. The van der Waals surface area contributed by atoms with Crippen molar-refractivity contribution >= 4 is 12.0 Å². The van der Waals surface area contributed by atoms with Crippen molar-refractivity contribution in [2.24, 2.45) is 0 Å². The van der Waals surface area contributed by atoms with Crippen LogP contribution in [0.1, 0.15) is 27.7 Å². The molecule has 1 rings (SSSR count). The van der Waals surface area contributed by atoms with E-state index >= 15 is 0 Å². The molecule has 2 amide bonds. The minimum Gasteiger partial charge on any atom is -0.444 e. The number of hydrogen-bond donors (Lipinski definition) is 0. The lowest BCUT2D eigenvalue weighted by atomic mass is 10.2. The number of amides is 2. The Morgan fingerprint density at radius 2 is 2.00 bits per heavy atom. The van der Waals surface area contributed by atoms with Crippen LogP contribution in [0.5, 0.6) is 0 Å². The molecule has 0 aromatic carbocycles. The average Bonchev–Trinajstić information content (AvgIpc) is 2.08. The van der Waals surface area contributed by atoms with Crippen LogP contribution in [-0.4, -0.2) is 53.6 Å². The highest BCUT2D eigenvalue weighted by molar-refractivity contribution is 5.83. The van der Waals surface area contributed by atoms with Crippen LogP contribution in [0.4, 0.5) is 4.79 Å². The number of likely N-dealkylation sites (N-methyl/N-ethyl adjacent to an activating group) is 1. The third-order valence-corrected chi connectivity index (χ3v) is 2.43. The summed E-state index contributed by atoms with van der Waals surface area (Å²) in [6, 6.07) is -0.00227. The molecule has 92 valence electrons. The third kappa shape index (κ3) is 3.12. The highest BCUT2D eigenvalue weighted by Crippen LogP contribution is 2.15. The largest absolute Gasteiger partial charge is 0.444 e. The van der Waals surface area contributed by atoms with Gasteiger partial charge in [0, 0.05) is 13.6 Å². The van der Waals surface area contributed by atoms with Crippen LogP contribution < -0.4 is 0 Å². The SMILES string of the molecule is C[C@@H]1CN(C)C(=O)CN1C(=O)OC(C)(C)C. The van der Waals surface area contributed by atoms with E-state index in [1.165, 1.54) is 4.90 Å². The zero-order chi connectivity index (χ0) is 12.5. The molecule has 1 aliphatic rings. The summed E-state index contributed by atoms with van der Waals surface area (Å²) in [6.45, 7) is 8.01. The summed E-state index contributed by atoms with van der Waals surface area (Å²) in [5.74, 6) is -0.0519. The summed E-state index contributed by atoms with van der Waals surface area (Å²) in [4.78, 5) is 26.4. The predicted octanol–water partition coefficient (Wildman–Crippen LogP) is 1.08. The second-order valence-electron chi connectivity index (χ2n) is 5.23. The molecule has 0 unspecified atom stereocenters. The first-order valence-electron chi connectivity index (χ1n) is 5.44. The fourth-order valence-electron chi connectivity index (χ4n) is 1.58. The van der Waals surface area contributed by atoms with Gasteiger partial charge in [-0.15, -0.1) is 0 Å². The van der Waals surface area contributed by atoms with Crippen LogP contribution in [0.2, 0.25) is 0 Å². The predicted molar refractivity (Wildman–Crippen MR) is 60.0 cm³/mol. The third-order valence-electron chi connectivity index (χ3n) is 2.43. The van der Waals surface area contributed by atoms with Crippen LogP contribution in [-0.2, 0) is 9.53 Å². The summed E-state index contributed by atoms with van der Waals surface area (Å²) < 4.78 is 5.25. The summed E-state index contributed by atoms with van der Waals surface area (Å²) in [5.41, 5.74) is -0.525. The van der Waals surface area contributed by atoms with Crippen molar-refractivity contribution in [2.45, 2.75) is 39.3 Å². The Morgan fingerprint density at radius 1 is 1.44 bits per heavy atom. The Morgan fingerprint density at radius 3 is 2.50 bits per heavy atom. The first-order chi connectivity index (χ1) is 7.20. The van der Waals surface area contributed by atoms with Gasteiger partial charge < -0.3 is 9.64 Å². The minimum atomic E-state index is -0.525. The summed E-state index contributed by atoms with van der Waals surface area (Å²) in [6.07, 6.45) is -0.415. The van der Waals surface area contributed by atoms with E-state index in [4.69, 9.17) is 4.74 Å². The number of carbonyl (C=O) groups excluding carboxylic acids is 2. The number of carbonyl (C=O) groups is 2. The minimum absolute atomic E-state index is 0.00227. The van der Waals surface area contributed by atoms with Crippen molar-refractivity contribution in [2.75, 3.05) is 20.1 Å². The topological polar surface area (TPSA) is 49.9 Å².